The molecule has 10 heteroatoms. The number of amides is 1. The fourth-order valence-electron chi connectivity index (χ4n) is 3.62. The average molecular weight is 434 g/mol. The molecule has 2 aromatic heterocycles. The molecule has 0 saturated carbocycles. The third-order valence-corrected chi connectivity index (χ3v) is 5.29. The molecular weight excluding hydrogens is 409 g/mol. The highest BCUT2D eigenvalue weighted by atomic mass is 19.4. The summed E-state index contributed by atoms with van der Waals surface area (Å²) in [4.78, 5) is 23.0. The SMILES string of the molecule is CCN(CC)c1ccc(C(F)(F)F)cc1NC(=O)CCc1c(C)nc2ncnn2c1C. The van der Waals surface area contributed by atoms with Crippen molar-refractivity contribution in [3.8, 4) is 0 Å². The number of nitrogens with zero attached hydrogens (tertiary/aromatic N) is 5. The van der Waals surface area contributed by atoms with Gasteiger partial charge in [0.2, 0.25) is 5.91 Å². The summed E-state index contributed by atoms with van der Waals surface area (Å²) in [5.41, 5.74) is 2.35. The highest BCUT2D eigenvalue weighted by molar-refractivity contribution is 5.94. The zero-order valence-electron chi connectivity index (χ0n) is 17.9. The van der Waals surface area contributed by atoms with Crippen LogP contribution < -0.4 is 10.2 Å². The smallest absolute Gasteiger partial charge is 0.370 e. The molecule has 0 atom stereocenters. The third-order valence-electron chi connectivity index (χ3n) is 5.29. The predicted molar refractivity (Wildman–Crippen MR) is 112 cm³/mol. The van der Waals surface area contributed by atoms with Gasteiger partial charge in [-0.2, -0.15) is 23.3 Å². The van der Waals surface area contributed by atoms with Gasteiger partial charge in [-0.1, -0.05) is 0 Å². The number of hydrogen-bond acceptors (Lipinski definition) is 5. The molecule has 0 fully saturated rings. The summed E-state index contributed by atoms with van der Waals surface area (Å²) in [6.45, 7) is 8.73. The molecule has 2 heterocycles. The Morgan fingerprint density at radius 1 is 1.19 bits per heavy atom. The molecule has 0 radical (unpaired) electrons. The number of fused-ring (bicyclic) bond motifs is 1. The molecule has 166 valence electrons. The number of hydrogen-bond donors (Lipinski definition) is 1. The van der Waals surface area contributed by atoms with E-state index in [2.05, 4.69) is 20.4 Å². The Labute approximate surface area is 178 Å². The van der Waals surface area contributed by atoms with Crippen LogP contribution in [0.15, 0.2) is 24.5 Å². The lowest BCUT2D eigenvalue weighted by Crippen LogP contribution is -2.24. The van der Waals surface area contributed by atoms with Crippen molar-refractivity contribution in [2.24, 2.45) is 0 Å². The van der Waals surface area contributed by atoms with E-state index in [1.165, 1.54) is 12.4 Å². The van der Waals surface area contributed by atoms with Crippen LogP contribution in [0.5, 0.6) is 0 Å². The van der Waals surface area contributed by atoms with E-state index < -0.39 is 11.7 Å². The minimum atomic E-state index is -4.49. The minimum absolute atomic E-state index is 0.0947. The maximum Gasteiger partial charge on any atom is 0.416 e. The van der Waals surface area contributed by atoms with Gasteiger partial charge in [0.05, 0.1) is 16.9 Å². The molecule has 0 aliphatic carbocycles. The number of carbonyl (C=O) groups is 1. The first-order valence-corrected chi connectivity index (χ1v) is 10.1. The zero-order valence-corrected chi connectivity index (χ0v) is 17.9. The Hall–Kier alpha value is -3.17. The fourth-order valence-corrected chi connectivity index (χ4v) is 3.62. The molecule has 0 spiro atoms. The van der Waals surface area contributed by atoms with Gasteiger partial charge < -0.3 is 10.2 Å². The topological polar surface area (TPSA) is 75.4 Å². The van der Waals surface area contributed by atoms with Gasteiger partial charge in [-0.05, 0) is 57.9 Å². The fraction of sp³-hybridized carbons (Fsp3) is 0.429. The lowest BCUT2D eigenvalue weighted by Gasteiger charge is -2.25. The van der Waals surface area contributed by atoms with Crippen molar-refractivity contribution in [3.05, 3.63) is 47.0 Å². The van der Waals surface area contributed by atoms with E-state index in [0.717, 1.165) is 29.1 Å². The van der Waals surface area contributed by atoms with Crippen LogP contribution in [0.4, 0.5) is 24.5 Å². The standard InChI is InChI=1S/C21H25F3N6O/c1-5-29(6-2)18-9-7-15(21(22,23)24)11-17(18)28-19(31)10-8-16-13(3)27-20-25-12-26-30(20)14(16)4/h7,9,11-12H,5-6,8,10H2,1-4H3,(H,28,31). The van der Waals surface area contributed by atoms with Gasteiger partial charge in [0.15, 0.2) is 0 Å². The highest BCUT2D eigenvalue weighted by Gasteiger charge is 2.31. The van der Waals surface area contributed by atoms with Crippen molar-refractivity contribution in [3.63, 3.8) is 0 Å². The summed E-state index contributed by atoms with van der Waals surface area (Å²) in [5.74, 6) is 0.112. The molecule has 3 aromatic rings. The van der Waals surface area contributed by atoms with Gasteiger partial charge >= 0.3 is 6.18 Å². The first-order valence-electron chi connectivity index (χ1n) is 10.1. The van der Waals surface area contributed by atoms with Crippen LogP contribution in [-0.4, -0.2) is 38.6 Å². The van der Waals surface area contributed by atoms with Gasteiger partial charge in [0.1, 0.15) is 6.33 Å². The molecule has 0 bridgehead atoms. The normalized spacial score (nSPS) is 11.7. The first kappa shape index (κ1) is 22.5. The number of anilines is 2. The van der Waals surface area contributed by atoms with Crippen LogP contribution in [0.2, 0.25) is 0 Å². The maximum absolute atomic E-state index is 13.2. The minimum Gasteiger partial charge on any atom is -0.370 e. The van der Waals surface area contributed by atoms with E-state index >= 15 is 0 Å². The van der Waals surface area contributed by atoms with Crippen molar-refractivity contribution in [1.82, 2.24) is 19.6 Å². The molecular formula is C21H25F3N6O. The van der Waals surface area contributed by atoms with E-state index in [1.807, 2.05) is 32.6 Å². The quantitative estimate of drug-likeness (QED) is 0.604. The molecule has 0 unspecified atom stereocenters. The van der Waals surface area contributed by atoms with E-state index in [9.17, 15) is 18.0 Å². The molecule has 3 rings (SSSR count). The van der Waals surface area contributed by atoms with Gasteiger partial charge in [-0.25, -0.2) is 9.50 Å². The summed E-state index contributed by atoms with van der Waals surface area (Å²) in [6.07, 6.45) is -2.61. The first-order chi connectivity index (χ1) is 14.7. The summed E-state index contributed by atoms with van der Waals surface area (Å²) in [6, 6.07) is 3.43. The number of rotatable bonds is 7. The predicted octanol–water partition coefficient (Wildman–Crippen LogP) is 4.18. The second-order valence-electron chi connectivity index (χ2n) is 7.18. The second kappa shape index (κ2) is 8.91. The van der Waals surface area contributed by atoms with E-state index in [4.69, 9.17) is 0 Å². The molecule has 31 heavy (non-hydrogen) atoms. The van der Waals surface area contributed by atoms with Crippen molar-refractivity contribution < 1.29 is 18.0 Å². The molecule has 0 aliphatic rings. The highest BCUT2D eigenvalue weighted by Crippen LogP contribution is 2.35. The van der Waals surface area contributed by atoms with Crippen molar-refractivity contribution in [2.45, 2.75) is 46.7 Å². The van der Waals surface area contributed by atoms with E-state index in [1.54, 1.807) is 4.52 Å². The Morgan fingerprint density at radius 2 is 1.90 bits per heavy atom. The number of carbonyl (C=O) groups excluding carboxylic acids is 1. The Bertz CT molecular complexity index is 1090. The van der Waals surface area contributed by atoms with Gasteiger partial charge in [0, 0.05) is 30.9 Å². The number of alkyl halides is 3. The van der Waals surface area contributed by atoms with Gasteiger partial charge in [-0.3, -0.25) is 4.79 Å². The van der Waals surface area contributed by atoms with Crippen LogP contribution in [-0.2, 0) is 17.4 Å². The lowest BCUT2D eigenvalue weighted by molar-refractivity contribution is -0.137. The number of nitrogens with one attached hydrogen (secondary N) is 1. The second-order valence-corrected chi connectivity index (χ2v) is 7.18. The molecule has 1 aromatic carbocycles. The molecule has 0 aliphatic heterocycles. The van der Waals surface area contributed by atoms with Crippen LogP contribution in [0.25, 0.3) is 5.78 Å². The van der Waals surface area contributed by atoms with E-state index in [0.29, 0.717) is 31.0 Å². The van der Waals surface area contributed by atoms with Crippen molar-refractivity contribution in [2.75, 3.05) is 23.3 Å². The summed E-state index contributed by atoms with van der Waals surface area (Å²) in [7, 11) is 0. The Morgan fingerprint density at radius 3 is 2.55 bits per heavy atom. The molecule has 7 nitrogen and oxygen atoms in total. The lowest BCUT2D eigenvalue weighted by atomic mass is 10.1. The number of benzene rings is 1. The largest absolute Gasteiger partial charge is 0.416 e. The Kier molecular flexibility index (Phi) is 6.47. The monoisotopic (exact) mass is 434 g/mol. The van der Waals surface area contributed by atoms with Crippen molar-refractivity contribution in [1.29, 1.82) is 0 Å². The zero-order chi connectivity index (χ0) is 22.8. The number of halogens is 3. The van der Waals surface area contributed by atoms with Crippen LogP contribution in [0.1, 0.15) is 42.8 Å². The van der Waals surface area contributed by atoms with Crippen molar-refractivity contribution >= 4 is 23.1 Å². The Balaban J connectivity index is 1.82. The maximum atomic E-state index is 13.2. The number of aromatic nitrogens is 4. The summed E-state index contributed by atoms with van der Waals surface area (Å²) < 4.78 is 41.2. The van der Waals surface area contributed by atoms with E-state index in [-0.39, 0.29) is 18.0 Å². The summed E-state index contributed by atoms with van der Waals surface area (Å²) in [5, 5.41) is 6.81. The van der Waals surface area contributed by atoms with Crippen LogP contribution in [0, 0.1) is 13.8 Å². The third kappa shape index (κ3) is 4.78. The molecule has 1 N–H and O–H groups in total. The summed E-state index contributed by atoms with van der Waals surface area (Å²) >= 11 is 0. The molecule has 0 saturated heterocycles. The van der Waals surface area contributed by atoms with Gasteiger partial charge in [-0.15, -0.1) is 0 Å². The number of aryl methyl sites for hydroxylation is 2. The van der Waals surface area contributed by atoms with Crippen LogP contribution in [0.3, 0.4) is 0 Å². The van der Waals surface area contributed by atoms with Crippen LogP contribution >= 0.6 is 0 Å². The average Bonchev–Trinajstić information content (AvgIpc) is 3.17. The van der Waals surface area contributed by atoms with Gasteiger partial charge in [0.25, 0.3) is 5.78 Å². The molecule has 1 amide bonds.